The molecule has 0 unspecified atom stereocenters. The zero-order valence-electron chi connectivity index (χ0n) is 14.3. The second-order valence-electron chi connectivity index (χ2n) is 6.55. The summed E-state index contributed by atoms with van der Waals surface area (Å²) in [6.07, 6.45) is 1.59. The van der Waals surface area contributed by atoms with E-state index in [1.165, 1.54) is 4.57 Å². The molecule has 1 atom stereocenters. The van der Waals surface area contributed by atoms with Crippen LogP contribution in [0.5, 0.6) is 0 Å². The monoisotopic (exact) mass is 357 g/mol. The van der Waals surface area contributed by atoms with Crippen LogP contribution in [0.1, 0.15) is 24.7 Å². The number of fused-ring (bicyclic) bond motifs is 1. The molecule has 4 rings (SSSR count). The number of piperidine rings is 1. The van der Waals surface area contributed by atoms with Gasteiger partial charge < -0.3 is 9.32 Å². The van der Waals surface area contributed by atoms with Gasteiger partial charge in [-0.15, -0.1) is 5.10 Å². The molecule has 1 amide bonds. The van der Waals surface area contributed by atoms with E-state index in [4.69, 9.17) is 4.42 Å². The van der Waals surface area contributed by atoms with E-state index in [1.54, 1.807) is 16.5 Å². The Kier molecular flexibility index (Phi) is 3.98. The van der Waals surface area contributed by atoms with Gasteiger partial charge in [-0.2, -0.15) is 0 Å². The third-order valence-electron chi connectivity index (χ3n) is 4.92. The number of H-pyrrole nitrogens is 1. The van der Waals surface area contributed by atoms with Crippen LogP contribution < -0.4 is 11.4 Å². The first kappa shape index (κ1) is 16.4. The van der Waals surface area contributed by atoms with Crippen molar-refractivity contribution in [2.45, 2.75) is 25.3 Å². The Morgan fingerprint density at radius 3 is 2.81 bits per heavy atom. The molecular weight excluding hydrogens is 338 g/mol. The van der Waals surface area contributed by atoms with Crippen molar-refractivity contribution in [3.63, 3.8) is 0 Å². The summed E-state index contributed by atoms with van der Waals surface area (Å²) in [5.74, 6) is -0.512. The molecule has 26 heavy (non-hydrogen) atoms. The van der Waals surface area contributed by atoms with E-state index in [0.29, 0.717) is 19.0 Å². The number of aromatic nitrogens is 4. The molecule has 3 aromatic rings. The SMILES string of the molecule is Cn1c(=O)n(CC(=O)N2CCC[C@H](c3n[nH]c(=O)o3)C2)c2ccccc21. The van der Waals surface area contributed by atoms with Gasteiger partial charge >= 0.3 is 11.4 Å². The van der Waals surface area contributed by atoms with Crippen molar-refractivity contribution in [3.8, 4) is 0 Å². The average molecular weight is 357 g/mol. The van der Waals surface area contributed by atoms with Crippen molar-refractivity contribution in [1.29, 1.82) is 0 Å². The van der Waals surface area contributed by atoms with Crippen LogP contribution >= 0.6 is 0 Å². The number of hydrogen-bond donors (Lipinski definition) is 1. The Bertz CT molecular complexity index is 1070. The van der Waals surface area contributed by atoms with Crippen LogP contribution in [0.2, 0.25) is 0 Å². The molecule has 1 aliphatic rings. The lowest BCUT2D eigenvalue weighted by Gasteiger charge is -2.31. The summed E-state index contributed by atoms with van der Waals surface area (Å²) < 4.78 is 8.07. The third-order valence-corrected chi connectivity index (χ3v) is 4.92. The third kappa shape index (κ3) is 2.75. The van der Waals surface area contributed by atoms with Crippen molar-refractivity contribution in [1.82, 2.24) is 24.2 Å². The molecule has 1 aliphatic heterocycles. The zero-order chi connectivity index (χ0) is 18.3. The second kappa shape index (κ2) is 6.32. The van der Waals surface area contributed by atoms with Crippen LogP contribution in [0.25, 0.3) is 11.0 Å². The molecule has 3 heterocycles. The molecule has 0 bridgehead atoms. The summed E-state index contributed by atoms with van der Waals surface area (Å²) >= 11 is 0. The second-order valence-corrected chi connectivity index (χ2v) is 6.55. The average Bonchev–Trinajstić information content (AvgIpc) is 3.20. The topological polar surface area (TPSA) is 106 Å². The lowest BCUT2D eigenvalue weighted by molar-refractivity contribution is -0.133. The van der Waals surface area contributed by atoms with Gasteiger partial charge in [0.25, 0.3) is 0 Å². The summed E-state index contributed by atoms with van der Waals surface area (Å²) in [5.41, 5.74) is 1.31. The maximum atomic E-state index is 12.8. The Labute approximate surface area is 147 Å². The highest BCUT2D eigenvalue weighted by atomic mass is 16.4. The van der Waals surface area contributed by atoms with Gasteiger partial charge in [0.1, 0.15) is 6.54 Å². The van der Waals surface area contributed by atoms with Crippen molar-refractivity contribution in [2.24, 2.45) is 7.05 Å². The number of carbonyl (C=O) groups is 1. The van der Waals surface area contributed by atoms with E-state index in [9.17, 15) is 14.4 Å². The van der Waals surface area contributed by atoms with Crippen LogP contribution in [0, 0.1) is 0 Å². The number of aromatic amines is 1. The van der Waals surface area contributed by atoms with Crippen LogP contribution in [-0.2, 0) is 18.4 Å². The minimum absolute atomic E-state index is 0.0164. The lowest BCUT2D eigenvalue weighted by atomic mass is 9.98. The summed E-state index contributed by atoms with van der Waals surface area (Å²) in [6, 6.07) is 7.40. The highest BCUT2D eigenvalue weighted by Crippen LogP contribution is 2.25. The highest BCUT2D eigenvalue weighted by molar-refractivity contribution is 5.81. The molecule has 0 radical (unpaired) electrons. The quantitative estimate of drug-likeness (QED) is 0.731. The molecule has 1 N–H and O–H groups in total. The fraction of sp³-hybridized carbons (Fsp3) is 0.412. The summed E-state index contributed by atoms with van der Waals surface area (Å²) in [6.45, 7) is 1.02. The van der Waals surface area contributed by atoms with E-state index < -0.39 is 5.76 Å². The minimum Gasteiger partial charge on any atom is -0.392 e. The maximum Gasteiger partial charge on any atom is 0.434 e. The first-order valence-corrected chi connectivity index (χ1v) is 8.52. The predicted molar refractivity (Wildman–Crippen MR) is 92.9 cm³/mol. The summed E-state index contributed by atoms with van der Waals surface area (Å²) in [5, 5.41) is 6.13. The predicted octanol–water partition coefficient (Wildman–Crippen LogP) is 0.422. The van der Waals surface area contributed by atoms with Gasteiger partial charge in [-0.3, -0.25) is 13.9 Å². The van der Waals surface area contributed by atoms with Crippen molar-refractivity contribution in [3.05, 3.63) is 51.2 Å². The number of rotatable bonds is 3. The number of benzene rings is 1. The standard InChI is InChI=1S/C17H19N5O4/c1-20-12-6-2-3-7-13(12)22(17(20)25)10-14(23)21-8-4-5-11(9-21)15-18-19-16(24)26-15/h2-3,6-7,11H,4-5,8-10H2,1H3,(H,19,24)/t11-/m0/s1. The first-order valence-electron chi connectivity index (χ1n) is 8.52. The van der Waals surface area contributed by atoms with Gasteiger partial charge in [-0.05, 0) is 25.0 Å². The number of amides is 1. The number of para-hydroxylation sites is 2. The van der Waals surface area contributed by atoms with Crippen molar-refractivity contribution < 1.29 is 9.21 Å². The van der Waals surface area contributed by atoms with Crippen molar-refractivity contribution >= 4 is 16.9 Å². The Hall–Kier alpha value is -3.10. The van der Waals surface area contributed by atoms with E-state index in [2.05, 4.69) is 10.2 Å². The normalized spacial score (nSPS) is 17.7. The highest BCUT2D eigenvalue weighted by Gasteiger charge is 2.28. The number of carbonyl (C=O) groups excluding carboxylic acids is 1. The largest absolute Gasteiger partial charge is 0.434 e. The number of nitrogens with one attached hydrogen (secondary N) is 1. The smallest absolute Gasteiger partial charge is 0.392 e. The Morgan fingerprint density at radius 1 is 1.31 bits per heavy atom. The van der Waals surface area contributed by atoms with E-state index in [1.807, 2.05) is 24.3 Å². The molecule has 0 spiro atoms. The molecule has 1 saturated heterocycles. The van der Waals surface area contributed by atoms with E-state index >= 15 is 0 Å². The van der Waals surface area contributed by atoms with Gasteiger partial charge in [0.15, 0.2) is 0 Å². The fourth-order valence-corrected chi connectivity index (χ4v) is 3.57. The molecule has 136 valence electrons. The van der Waals surface area contributed by atoms with Gasteiger partial charge in [0, 0.05) is 20.1 Å². The van der Waals surface area contributed by atoms with Crippen LogP contribution in [0.4, 0.5) is 0 Å². The van der Waals surface area contributed by atoms with Crippen LogP contribution in [0.3, 0.4) is 0 Å². The molecule has 1 fully saturated rings. The molecule has 1 aromatic carbocycles. The molecule has 0 aliphatic carbocycles. The van der Waals surface area contributed by atoms with Gasteiger partial charge in [0.2, 0.25) is 11.8 Å². The van der Waals surface area contributed by atoms with Gasteiger partial charge in [-0.1, -0.05) is 12.1 Å². The minimum atomic E-state index is -0.592. The number of aryl methyl sites for hydroxylation is 1. The first-order chi connectivity index (χ1) is 12.5. The summed E-state index contributed by atoms with van der Waals surface area (Å²) in [4.78, 5) is 38.1. The van der Waals surface area contributed by atoms with Crippen LogP contribution in [-0.4, -0.2) is 43.2 Å². The number of likely N-dealkylation sites (tertiary alicyclic amines) is 1. The fourth-order valence-electron chi connectivity index (χ4n) is 3.57. The molecule has 2 aromatic heterocycles. The number of imidazole rings is 1. The van der Waals surface area contributed by atoms with Crippen LogP contribution in [0.15, 0.2) is 38.3 Å². The summed E-state index contributed by atoms with van der Waals surface area (Å²) in [7, 11) is 1.70. The molecule has 9 heteroatoms. The molecular formula is C17H19N5O4. The van der Waals surface area contributed by atoms with Crippen molar-refractivity contribution in [2.75, 3.05) is 13.1 Å². The maximum absolute atomic E-state index is 12.8. The van der Waals surface area contributed by atoms with Gasteiger partial charge in [-0.25, -0.2) is 14.7 Å². The van der Waals surface area contributed by atoms with E-state index in [0.717, 1.165) is 23.9 Å². The van der Waals surface area contributed by atoms with Gasteiger partial charge in [0.05, 0.1) is 17.0 Å². The lowest BCUT2D eigenvalue weighted by Crippen LogP contribution is -2.42. The Morgan fingerprint density at radius 2 is 2.08 bits per heavy atom. The zero-order valence-corrected chi connectivity index (χ0v) is 14.3. The number of nitrogens with zero attached hydrogens (tertiary/aromatic N) is 4. The molecule has 0 saturated carbocycles. The van der Waals surface area contributed by atoms with E-state index in [-0.39, 0.29) is 24.1 Å². The molecule has 9 nitrogen and oxygen atoms in total. The number of hydrogen-bond acceptors (Lipinski definition) is 5. The Balaban J connectivity index is 1.56.